The lowest BCUT2D eigenvalue weighted by Gasteiger charge is -2.06. The van der Waals surface area contributed by atoms with Crippen LogP contribution in [0.4, 0.5) is 0 Å². The van der Waals surface area contributed by atoms with E-state index in [1.807, 2.05) is 30.3 Å². The Morgan fingerprint density at radius 1 is 1.08 bits per heavy atom. The van der Waals surface area contributed by atoms with Crippen molar-refractivity contribution in [3.8, 4) is 0 Å². The Bertz CT molecular complexity index is 801. The van der Waals surface area contributed by atoms with Crippen LogP contribution in [0.15, 0.2) is 58.2 Å². The monoisotopic (exact) mass is 339 g/mol. The molecule has 0 saturated carbocycles. The molecule has 3 rings (SSSR count). The fourth-order valence-corrected chi connectivity index (χ4v) is 3.31. The van der Waals surface area contributed by atoms with Crippen molar-refractivity contribution in [2.75, 3.05) is 0 Å². The molecule has 0 spiro atoms. The molecule has 1 unspecified atom stereocenters. The van der Waals surface area contributed by atoms with Crippen LogP contribution >= 0.6 is 11.8 Å². The van der Waals surface area contributed by atoms with Crippen molar-refractivity contribution in [1.29, 1.82) is 0 Å². The van der Waals surface area contributed by atoms with E-state index in [1.165, 1.54) is 16.7 Å². The molecule has 4 nitrogen and oxygen atoms in total. The predicted octanol–water partition coefficient (Wildman–Crippen LogP) is 4.22. The van der Waals surface area contributed by atoms with Gasteiger partial charge in [-0.3, -0.25) is 0 Å². The van der Waals surface area contributed by atoms with Gasteiger partial charge < -0.3 is 10.2 Å². The molecule has 124 valence electrons. The van der Waals surface area contributed by atoms with Crippen LogP contribution in [0.3, 0.4) is 0 Å². The first-order valence-electron chi connectivity index (χ1n) is 7.93. The summed E-state index contributed by atoms with van der Waals surface area (Å²) >= 11 is 1.55. The van der Waals surface area contributed by atoms with Crippen LogP contribution < -0.4 is 5.73 Å². The average molecular weight is 339 g/mol. The smallest absolute Gasteiger partial charge is 0.276 e. The van der Waals surface area contributed by atoms with E-state index in [2.05, 4.69) is 42.2 Å². The van der Waals surface area contributed by atoms with E-state index in [0.717, 1.165) is 11.3 Å². The Morgan fingerprint density at radius 2 is 1.88 bits per heavy atom. The molecule has 1 aromatic heterocycles. The zero-order chi connectivity index (χ0) is 16.9. The van der Waals surface area contributed by atoms with E-state index in [4.69, 9.17) is 10.2 Å². The van der Waals surface area contributed by atoms with Gasteiger partial charge in [-0.1, -0.05) is 65.9 Å². The molecule has 24 heavy (non-hydrogen) atoms. The lowest BCUT2D eigenvalue weighted by atomic mass is 10.1. The molecule has 0 aliphatic carbocycles. The number of thioether (sulfide) groups is 1. The number of nitrogens with two attached hydrogens (primary N) is 1. The first-order chi connectivity index (χ1) is 11.6. The first kappa shape index (κ1) is 16.7. The van der Waals surface area contributed by atoms with Gasteiger partial charge in [0.05, 0.1) is 6.04 Å². The van der Waals surface area contributed by atoms with Crippen LogP contribution in [-0.2, 0) is 12.2 Å². The number of hydrogen-bond donors (Lipinski definition) is 1. The third-order valence-corrected chi connectivity index (χ3v) is 4.76. The molecule has 3 aromatic rings. The summed E-state index contributed by atoms with van der Waals surface area (Å²) in [6.45, 7) is 4.21. The van der Waals surface area contributed by atoms with Gasteiger partial charge in [0, 0.05) is 5.75 Å². The summed E-state index contributed by atoms with van der Waals surface area (Å²) in [5, 5.41) is 8.78. The van der Waals surface area contributed by atoms with Gasteiger partial charge in [0.25, 0.3) is 5.22 Å². The summed E-state index contributed by atoms with van der Waals surface area (Å²) < 4.78 is 5.73. The Morgan fingerprint density at radius 3 is 2.67 bits per heavy atom. The third kappa shape index (κ3) is 4.24. The molecule has 0 aliphatic heterocycles. The Labute approximate surface area is 146 Å². The van der Waals surface area contributed by atoms with E-state index in [-0.39, 0.29) is 6.04 Å². The van der Waals surface area contributed by atoms with E-state index in [1.54, 1.807) is 11.8 Å². The zero-order valence-corrected chi connectivity index (χ0v) is 14.7. The molecule has 2 N–H and O–H groups in total. The minimum atomic E-state index is -0.282. The number of aryl methyl sites for hydroxylation is 2. The maximum atomic E-state index is 6.19. The molecular formula is C19H21N3OS. The second kappa shape index (κ2) is 7.64. The molecule has 0 aliphatic rings. The summed E-state index contributed by atoms with van der Waals surface area (Å²) in [7, 11) is 0. The number of aromatic nitrogens is 2. The summed E-state index contributed by atoms with van der Waals surface area (Å²) in [5.74, 6) is 1.30. The second-order valence-electron chi connectivity index (χ2n) is 5.92. The maximum absolute atomic E-state index is 6.19. The molecule has 5 heteroatoms. The highest BCUT2D eigenvalue weighted by Crippen LogP contribution is 2.25. The SMILES string of the molecule is Cc1ccc(C)c(CSc2nnc(C(N)Cc3ccccc3)o2)c1. The highest BCUT2D eigenvalue weighted by Gasteiger charge is 2.15. The molecule has 0 amide bonds. The standard InChI is InChI=1S/C19H21N3OS/c1-13-8-9-14(2)16(10-13)12-24-19-22-21-18(23-19)17(20)11-15-6-4-3-5-7-15/h3-10,17H,11-12,20H2,1-2H3. The fourth-order valence-electron chi connectivity index (χ4n) is 2.48. The molecule has 0 fully saturated rings. The molecule has 0 saturated heterocycles. The number of hydrogen-bond acceptors (Lipinski definition) is 5. The summed E-state index contributed by atoms with van der Waals surface area (Å²) in [6, 6.07) is 16.3. The van der Waals surface area contributed by atoms with Crippen molar-refractivity contribution in [3.63, 3.8) is 0 Å². The Balaban J connectivity index is 1.62. The number of nitrogens with zero attached hydrogens (tertiary/aromatic N) is 2. The van der Waals surface area contributed by atoms with Gasteiger partial charge in [-0.2, -0.15) is 0 Å². The third-order valence-electron chi connectivity index (χ3n) is 3.89. The predicted molar refractivity (Wildman–Crippen MR) is 96.8 cm³/mol. The summed E-state index contributed by atoms with van der Waals surface area (Å²) in [6.07, 6.45) is 0.685. The van der Waals surface area contributed by atoms with Crippen molar-refractivity contribution in [2.45, 2.75) is 37.3 Å². The molecule has 2 aromatic carbocycles. The molecule has 1 atom stereocenters. The highest BCUT2D eigenvalue weighted by atomic mass is 32.2. The van der Waals surface area contributed by atoms with E-state index in [9.17, 15) is 0 Å². The van der Waals surface area contributed by atoms with Crippen molar-refractivity contribution in [1.82, 2.24) is 10.2 Å². The number of rotatable bonds is 6. The van der Waals surface area contributed by atoms with Gasteiger partial charge in [0.2, 0.25) is 5.89 Å². The fraction of sp³-hybridized carbons (Fsp3) is 0.263. The van der Waals surface area contributed by atoms with Gasteiger partial charge in [0.15, 0.2) is 0 Å². The topological polar surface area (TPSA) is 64.9 Å². The quantitative estimate of drug-likeness (QED) is 0.681. The van der Waals surface area contributed by atoms with Gasteiger partial charge in [-0.05, 0) is 37.0 Å². The Hall–Kier alpha value is -2.11. The van der Waals surface area contributed by atoms with Crippen LogP contribution in [0.25, 0.3) is 0 Å². The average Bonchev–Trinajstić information content (AvgIpc) is 3.06. The largest absolute Gasteiger partial charge is 0.414 e. The zero-order valence-electron chi connectivity index (χ0n) is 13.9. The number of benzene rings is 2. The van der Waals surface area contributed by atoms with Crippen molar-refractivity contribution in [2.24, 2.45) is 5.73 Å². The highest BCUT2D eigenvalue weighted by molar-refractivity contribution is 7.98. The van der Waals surface area contributed by atoms with Gasteiger partial charge in [0.1, 0.15) is 0 Å². The minimum absolute atomic E-state index is 0.282. The van der Waals surface area contributed by atoms with Crippen LogP contribution in [0.5, 0.6) is 0 Å². The first-order valence-corrected chi connectivity index (χ1v) is 8.92. The molecule has 0 bridgehead atoms. The van der Waals surface area contributed by atoms with Crippen molar-refractivity contribution < 1.29 is 4.42 Å². The molecule has 1 heterocycles. The summed E-state index contributed by atoms with van der Waals surface area (Å²) in [5.41, 5.74) is 11.2. The van der Waals surface area contributed by atoms with Gasteiger partial charge >= 0.3 is 0 Å². The van der Waals surface area contributed by atoms with E-state index >= 15 is 0 Å². The lowest BCUT2D eigenvalue weighted by Crippen LogP contribution is -2.13. The molecular weight excluding hydrogens is 318 g/mol. The summed E-state index contributed by atoms with van der Waals surface area (Å²) in [4.78, 5) is 0. The minimum Gasteiger partial charge on any atom is -0.414 e. The lowest BCUT2D eigenvalue weighted by molar-refractivity contribution is 0.385. The van der Waals surface area contributed by atoms with E-state index in [0.29, 0.717) is 17.5 Å². The van der Waals surface area contributed by atoms with Crippen molar-refractivity contribution in [3.05, 3.63) is 76.7 Å². The van der Waals surface area contributed by atoms with Crippen LogP contribution in [0.2, 0.25) is 0 Å². The van der Waals surface area contributed by atoms with Crippen molar-refractivity contribution >= 4 is 11.8 Å². The second-order valence-corrected chi connectivity index (χ2v) is 6.85. The van der Waals surface area contributed by atoms with Gasteiger partial charge in [-0.15, -0.1) is 10.2 Å². The van der Waals surface area contributed by atoms with Crippen LogP contribution in [0.1, 0.15) is 34.2 Å². The molecule has 0 radical (unpaired) electrons. The maximum Gasteiger partial charge on any atom is 0.276 e. The van der Waals surface area contributed by atoms with Gasteiger partial charge in [-0.25, -0.2) is 0 Å². The van der Waals surface area contributed by atoms with Crippen LogP contribution in [0, 0.1) is 13.8 Å². The Kier molecular flexibility index (Phi) is 5.33. The van der Waals surface area contributed by atoms with Crippen LogP contribution in [-0.4, -0.2) is 10.2 Å². The normalized spacial score (nSPS) is 12.3. The van der Waals surface area contributed by atoms with E-state index < -0.39 is 0 Å².